The Balaban J connectivity index is 1.28. The highest BCUT2D eigenvalue weighted by Gasteiger charge is 2.50. The molecule has 1 unspecified atom stereocenters. The number of imidazole rings is 1. The summed E-state index contributed by atoms with van der Waals surface area (Å²) in [4.78, 5) is 35.6. The number of benzene rings is 2. The van der Waals surface area contributed by atoms with Gasteiger partial charge in [-0.15, -0.1) is 0 Å². The summed E-state index contributed by atoms with van der Waals surface area (Å²) in [6, 6.07) is 13.6. The third-order valence-corrected chi connectivity index (χ3v) is 10.5. The number of carbonyl (C=O) groups excluding carboxylic acids is 2. The van der Waals surface area contributed by atoms with Crippen molar-refractivity contribution in [3.63, 3.8) is 0 Å². The highest BCUT2D eigenvalue weighted by atomic mass is 35.5. The largest absolute Gasteiger partial charge is 0.380 e. The third kappa shape index (κ3) is 5.16. The third-order valence-electron chi connectivity index (χ3n) is 10.2. The van der Waals surface area contributed by atoms with Gasteiger partial charge in [-0.3, -0.25) is 9.59 Å². The van der Waals surface area contributed by atoms with Crippen LogP contribution in [-0.4, -0.2) is 47.6 Å². The summed E-state index contributed by atoms with van der Waals surface area (Å²) >= 11 is 6.64. The van der Waals surface area contributed by atoms with Gasteiger partial charge in [-0.25, -0.2) is 4.98 Å². The first-order valence-corrected chi connectivity index (χ1v) is 15.5. The molecule has 2 aromatic carbocycles. The topological polar surface area (TPSA) is 96.1 Å². The normalized spacial score (nSPS) is 23.9. The first kappa shape index (κ1) is 28.2. The summed E-state index contributed by atoms with van der Waals surface area (Å²) in [6.45, 7) is 7.66. The number of halogens is 1. The molecule has 1 saturated heterocycles. The van der Waals surface area contributed by atoms with E-state index in [4.69, 9.17) is 21.3 Å². The molecule has 3 N–H and O–H groups in total. The minimum atomic E-state index is -0.855. The molecular weight excluding hydrogens is 536 g/mol. The predicted molar refractivity (Wildman–Crippen MR) is 161 cm³/mol. The van der Waals surface area contributed by atoms with Crippen molar-refractivity contribution < 1.29 is 14.3 Å². The zero-order valence-electron chi connectivity index (χ0n) is 24.3. The molecule has 0 spiro atoms. The lowest BCUT2D eigenvalue weighted by Gasteiger charge is -2.45. The van der Waals surface area contributed by atoms with Crippen LogP contribution in [0.3, 0.4) is 0 Å². The number of hydrogen-bond acceptors (Lipinski definition) is 4. The Labute approximate surface area is 247 Å². The Bertz CT molecular complexity index is 1450. The van der Waals surface area contributed by atoms with E-state index in [2.05, 4.69) is 47.7 Å². The maximum Gasteiger partial charge on any atom is 0.243 e. The number of aromatic amines is 1. The van der Waals surface area contributed by atoms with Gasteiger partial charge in [-0.05, 0) is 85.1 Å². The first-order chi connectivity index (χ1) is 19.7. The van der Waals surface area contributed by atoms with E-state index in [9.17, 15) is 9.59 Å². The molecule has 1 aliphatic heterocycles. The molecule has 41 heavy (non-hydrogen) atoms. The SMILES string of the molecule is CCNC(=O)[C@H](NC(=O)C1(c2ccc3nc(C[C@H](c4ccccc4Cl)C4(C)CC4)[nH]c3c2)CCOC1)C1(C)CCC1. The second-order valence-corrected chi connectivity index (χ2v) is 13.4. The van der Waals surface area contributed by atoms with Gasteiger partial charge in [0.15, 0.2) is 0 Å². The monoisotopic (exact) mass is 576 g/mol. The molecule has 0 radical (unpaired) electrons. The van der Waals surface area contributed by atoms with E-state index in [0.717, 1.165) is 53.1 Å². The molecule has 2 saturated carbocycles. The number of rotatable bonds is 10. The van der Waals surface area contributed by atoms with Crippen LogP contribution in [0.25, 0.3) is 11.0 Å². The van der Waals surface area contributed by atoms with Crippen LogP contribution >= 0.6 is 11.6 Å². The van der Waals surface area contributed by atoms with Gasteiger partial charge in [0.2, 0.25) is 11.8 Å². The molecule has 2 heterocycles. The van der Waals surface area contributed by atoms with Crippen LogP contribution in [0.4, 0.5) is 0 Å². The van der Waals surface area contributed by atoms with Crippen molar-refractivity contribution in [2.45, 2.75) is 83.1 Å². The molecule has 2 aliphatic carbocycles. The van der Waals surface area contributed by atoms with E-state index in [1.807, 2.05) is 31.2 Å². The second-order valence-electron chi connectivity index (χ2n) is 13.0. The van der Waals surface area contributed by atoms with Crippen molar-refractivity contribution >= 4 is 34.4 Å². The van der Waals surface area contributed by atoms with Crippen LogP contribution in [0.5, 0.6) is 0 Å². The summed E-state index contributed by atoms with van der Waals surface area (Å²) in [6.07, 6.45) is 6.63. The van der Waals surface area contributed by atoms with Crippen LogP contribution < -0.4 is 10.6 Å². The number of carbonyl (C=O) groups is 2. The molecule has 2 amide bonds. The number of hydrogen-bond donors (Lipinski definition) is 3. The standard InChI is InChI=1S/C33H41ClN4O3/c1-4-35-29(39)28(32(3)12-7-13-32)38-30(40)33(16-17-41-20-33)21-10-11-25-26(18-21)37-27(36-25)19-23(31(2)14-15-31)22-8-5-6-9-24(22)34/h5-6,8-11,18,23,28H,4,7,12-17,19-20H2,1-3H3,(H,35,39)(H,36,37)(H,38,40)/t23-,28+,33?/m1/s1. The number of likely N-dealkylation sites (N-methyl/N-ethyl adjacent to an activating group) is 1. The number of amides is 2. The molecule has 8 heteroatoms. The van der Waals surface area contributed by atoms with Crippen molar-refractivity contribution in [3.8, 4) is 0 Å². The molecule has 3 fully saturated rings. The fraction of sp³-hybridized carbons (Fsp3) is 0.545. The van der Waals surface area contributed by atoms with Gasteiger partial charge in [-0.2, -0.15) is 0 Å². The molecule has 3 aliphatic rings. The average molecular weight is 577 g/mol. The van der Waals surface area contributed by atoms with Gasteiger partial charge in [0, 0.05) is 24.6 Å². The molecule has 1 aromatic heterocycles. The number of fused-ring (bicyclic) bond motifs is 1. The van der Waals surface area contributed by atoms with Gasteiger partial charge in [0.1, 0.15) is 11.9 Å². The quantitative estimate of drug-likeness (QED) is 0.284. The van der Waals surface area contributed by atoms with E-state index >= 15 is 0 Å². The Morgan fingerprint density at radius 3 is 2.49 bits per heavy atom. The van der Waals surface area contributed by atoms with Crippen molar-refractivity contribution in [2.24, 2.45) is 10.8 Å². The average Bonchev–Trinajstić information content (AvgIpc) is 3.33. The van der Waals surface area contributed by atoms with Crippen molar-refractivity contribution in [1.82, 2.24) is 20.6 Å². The van der Waals surface area contributed by atoms with Gasteiger partial charge in [0.25, 0.3) is 0 Å². The van der Waals surface area contributed by atoms with Gasteiger partial charge in [0.05, 0.1) is 23.1 Å². The van der Waals surface area contributed by atoms with Gasteiger partial charge < -0.3 is 20.4 Å². The number of nitrogens with one attached hydrogen (secondary N) is 3. The minimum Gasteiger partial charge on any atom is -0.380 e. The van der Waals surface area contributed by atoms with Crippen LogP contribution in [-0.2, 0) is 26.2 Å². The lowest BCUT2D eigenvalue weighted by Crippen LogP contribution is -2.61. The zero-order valence-corrected chi connectivity index (χ0v) is 25.1. The molecule has 218 valence electrons. The van der Waals surface area contributed by atoms with E-state index in [1.165, 1.54) is 18.4 Å². The molecule has 3 atom stereocenters. The van der Waals surface area contributed by atoms with E-state index in [-0.39, 0.29) is 35.2 Å². The molecule has 7 nitrogen and oxygen atoms in total. The Morgan fingerprint density at radius 2 is 1.85 bits per heavy atom. The maximum absolute atomic E-state index is 14.1. The number of aromatic nitrogens is 2. The summed E-state index contributed by atoms with van der Waals surface area (Å²) in [5, 5.41) is 6.92. The first-order valence-electron chi connectivity index (χ1n) is 15.1. The maximum atomic E-state index is 14.1. The molecule has 3 aromatic rings. The number of nitrogens with zero attached hydrogens (tertiary/aromatic N) is 1. The van der Waals surface area contributed by atoms with Gasteiger partial charge in [-0.1, -0.05) is 56.1 Å². The van der Waals surface area contributed by atoms with E-state index in [0.29, 0.717) is 19.6 Å². The Kier molecular flexibility index (Phi) is 7.39. The fourth-order valence-electron chi connectivity index (χ4n) is 6.91. The Hall–Kier alpha value is -2.90. The van der Waals surface area contributed by atoms with Gasteiger partial charge >= 0.3 is 0 Å². The lowest BCUT2D eigenvalue weighted by atomic mass is 9.65. The number of H-pyrrole nitrogens is 1. The minimum absolute atomic E-state index is 0.108. The van der Waals surface area contributed by atoms with E-state index < -0.39 is 11.5 Å². The molecular formula is C33H41ClN4O3. The Morgan fingerprint density at radius 1 is 1.07 bits per heavy atom. The lowest BCUT2D eigenvalue weighted by molar-refractivity contribution is -0.136. The second kappa shape index (κ2) is 10.7. The number of ether oxygens (including phenoxy) is 1. The van der Waals surface area contributed by atoms with Crippen molar-refractivity contribution in [2.75, 3.05) is 19.8 Å². The predicted octanol–water partition coefficient (Wildman–Crippen LogP) is 5.81. The summed E-state index contributed by atoms with van der Waals surface area (Å²) < 4.78 is 5.83. The van der Waals surface area contributed by atoms with Crippen molar-refractivity contribution in [1.29, 1.82) is 0 Å². The van der Waals surface area contributed by atoms with Crippen LogP contribution in [0.2, 0.25) is 5.02 Å². The molecule has 6 rings (SSSR count). The summed E-state index contributed by atoms with van der Waals surface area (Å²) in [5.41, 5.74) is 2.98. The van der Waals surface area contributed by atoms with Crippen LogP contribution in [0.1, 0.15) is 82.2 Å². The summed E-state index contributed by atoms with van der Waals surface area (Å²) in [7, 11) is 0. The smallest absolute Gasteiger partial charge is 0.243 e. The highest BCUT2D eigenvalue weighted by Crippen LogP contribution is 2.57. The zero-order chi connectivity index (χ0) is 28.8. The fourth-order valence-corrected chi connectivity index (χ4v) is 7.18. The molecule has 0 bridgehead atoms. The van der Waals surface area contributed by atoms with Crippen LogP contribution in [0.15, 0.2) is 42.5 Å². The van der Waals surface area contributed by atoms with E-state index in [1.54, 1.807) is 0 Å². The van der Waals surface area contributed by atoms with Crippen molar-refractivity contribution in [3.05, 3.63) is 64.4 Å². The highest BCUT2D eigenvalue weighted by molar-refractivity contribution is 6.31. The summed E-state index contributed by atoms with van der Waals surface area (Å²) in [5.74, 6) is 0.948. The van der Waals surface area contributed by atoms with Crippen LogP contribution in [0, 0.1) is 10.8 Å².